The zero-order chi connectivity index (χ0) is 16.1. The van der Waals surface area contributed by atoms with Crippen LogP contribution in [0.1, 0.15) is 45.4 Å². The monoisotopic (exact) mass is 310 g/mol. The zero-order valence-corrected chi connectivity index (χ0v) is 13.5. The van der Waals surface area contributed by atoms with E-state index in [-0.39, 0.29) is 5.97 Å². The molecular weight excluding hydrogens is 288 g/mol. The van der Waals surface area contributed by atoms with E-state index < -0.39 is 0 Å². The molecule has 3 nitrogen and oxygen atoms in total. The van der Waals surface area contributed by atoms with Crippen molar-refractivity contribution in [1.82, 2.24) is 0 Å². The van der Waals surface area contributed by atoms with Crippen molar-refractivity contribution >= 4 is 27.9 Å². The van der Waals surface area contributed by atoms with Crippen molar-refractivity contribution in [3.63, 3.8) is 0 Å². The van der Waals surface area contributed by atoms with Crippen molar-refractivity contribution in [1.29, 1.82) is 0 Å². The molecule has 0 saturated carbocycles. The number of fused-ring (bicyclic) bond motifs is 3. The van der Waals surface area contributed by atoms with Crippen LogP contribution < -0.4 is 4.74 Å². The number of hydrogen-bond donors (Lipinski definition) is 0. The highest BCUT2D eigenvalue weighted by atomic mass is 16.5. The van der Waals surface area contributed by atoms with Crippen LogP contribution in [0.15, 0.2) is 46.9 Å². The van der Waals surface area contributed by atoms with Crippen LogP contribution in [0.3, 0.4) is 0 Å². The Hall–Kier alpha value is -2.29. The first-order valence-electron chi connectivity index (χ1n) is 8.40. The molecular formula is C20H22O3. The van der Waals surface area contributed by atoms with Gasteiger partial charge in [-0.05, 0) is 24.6 Å². The fourth-order valence-electron chi connectivity index (χ4n) is 2.87. The minimum absolute atomic E-state index is 0.167. The highest BCUT2D eigenvalue weighted by Gasteiger charge is 2.14. The van der Waals surface area contributed by atoms with Crippen molar-refractivity contribution in [2.24, 2.45) is 0 Å². The Balaban J connectivity index is 1.74. The van der Waals surface area contributed by atoms with Crippen LogP contribution in [0.4, 0.5) is 0 Å². The summed E-state index contributed by atoms with van der Waals surface area (Å²) in [5, 5.41) is 1.86. The molecule has 0 N–H and O–H groups in total. The summed E-state index contributed by atoms with van der Waals surface area (Å²) in [4.78, 5) is 12.1. The Morgan fingerprint density at radius 1 is 0.957 bits per heavy atom. The summed E-state index contributed by atoms with van der Waals surface area (Å²) in [5.41, 5.74) is 1.56. The van der Waals surface area contributed by atoms with Gasteiger partial charge in [0.05, 0.1) is 5.39 Å². The number of ether oxygens (including phenoxy) is 1. The lowest BCUT2D eigenvalue weighted by Crippen LogP contribution is -2.07. The number of esters is 1. The highest BCUT2D eigenvalue weighted by Crippen LogP contribution is 2.35. The SMILES string of the molecule is CCCCCCCC(=O)Oc1cccc2oc3ccccc3c12. The van der Waals surface area contributed by atoms with Gasteiger partial charge in [-0.3, -0.25) is 4.79 Å². The molecule has 0 unspecified atom stereocenters. The van der Waals surface area contributed by atoms with Gasteiger partial charge < -0.3 is 9.15 Å². The minimum Gasteiger partial charge on any atom is -0.456 e. The molecule has 0 aliphatic rings. The number of para-hydroxylation sites is 1. The van der Waals surface area contributed by atoms with Crippen molar-refractivity contribution in [3.05, 3.63) is 42.5 Å². The van der Waals surface area contributed by atoms with E-state index in [1.165, 1.54) is 19.3 Å². The van der Waals surface area contributed by atoms with Crippen LogP contribution in [-0.4, -0.2) is 5.97 Å². The second kappa shape index (κ2) is 7.32. The van der Waals surface area contributed by atoms with Crippen LogP contribution in [-0.2, 0) is 4.79 Å². The van der Waals surface area contributed by atoms with Gasteiger partial charge in [0.25, 0.3) is 0 Å². The molecule has 1 aromatic heterocycles. The van der Waals surface area contributed by atoms with Gasteiger partial charge in [-0.25, -0.2) is 0 Å². The van der Waals surface area contributed by atoms with E-state index in [1.54, 1.807) is 0 Å². The van der Waals surface area contributed by atoms with Gasteiger partial charge in [0, 0.05) is 11.8 Å². The van der Waals surface area contributed by atoms with E-state index >= 15 is 0 Å². The topological polar surface area (TPSA) is 39.4 Å². The van der Waals surface area contributed by atoms with Crippen LogP contribution in [0.25, 0.3) is 21.9 Å². The van der Waals surface area contributed by atoms with Crippen LogP contribution in [0.2, 0.25) is 0 Å². The third-order valence-electron chi connectivity index (χ3n) is 4.07. The van der Waals surface area contributed by atoms with E-state index in [0.717, 1.165) is 34.8 Å². The lowest BCUT2D eigenvalue weighted by atomic mass is 10.1. The van der Waals surface area contributed by atoms with Gasteiger partial charge in [0.2, 0.25) is 0 Å². The molecule has 120 valence electrons. The molecule has 2 aromatic carbocycles. The second-order valence-corrected chi connectivity index (χ2v) is 5.87. The Kier molecular flexibility index (Phi) is 4.96. The van der Waals surface area contributed by atoms with Gasteiger partial charge in [0.1, 0.15) is 16.9 Å². The third-order valence-corrected chi connectivity index (χ3v) is 4.07. The third kappa shape index (κ3) is 3.55. The summed E-state index contributed by atoms with van der Waals surface area (Å²) in [6, 6.07) is 13.4. The highest BCUT2D eigenvalue weighted by molar-refractivity contribution is 6.08. The van der Waals surface area contributed by atoms with Crippen LogP contribution in [0, 0.1) is 0 Å². The number of furan rings is 1. The van der Waals surface area contributed by atoms with E-state index in [1.807, 2.05) is 42.5 Å². The first-order valence-corrected chi connectivity index (χ1v) is 8.40. The van der Waals surface area contributed by atoms with E-state index in [2.05, 4.69) is 6.92 Å². The maximum atomic E-state index is 12.1. The Labute approximate surface area is 136 Å². The first-order chi connectivity index (χ1) is 11.3. The molecule has 0 atom stereocenters. The number of rotatable bonds is 7. The molecule has 3 rings (SSSR count). The number of carbonyl (C=O) groups excluding carboxylic acids is 1. The van der Waals surface area contributed by atoms with E-state index in [0.29, 0.717) is 12.2 Å². The normalized spacial score (nSPS) is 11.2. The average Bonchev–Trinajstić information content (AvgIpc) is 2.94. The summed E-state index contributed by atoms with van der Waals surface area (Å²) in [7, 11) is 0. The van der Waals surface area contributed by atoms with Gasteiger partial charge >= 0.3 is 5.97 Å². The minimum atomic E-state index is -0.167. The first kappa shape index (κ1) is 15.6. The summed E-state index contributed by atoms with van der Waals surface area (Å²) in [5.74, 6) is 0.422. The van der Waals surface area contributed by atoms with Gasteiger partial charge in [-0.15, -0.1) is 0 Å². The van der Waals surface area contributed by atoms with Crippen molar-refractivity contribution in [2.45, 2.75) is 45.4 Å². The van der Waals surface area contributed by atoms with E-state index in [9.17, 15) is 4.79 Å². The number of benzene rings is 2. The standard InChI is InChI=1S/C20H22O3/c1-2-3-4-5-6-14-19(21)23-18-13-9-12-17-20(18)15-10-7-8-11-16(15)22-17/h7-13H,2-6,14H2,1H3. The molecule has 0 radical (unpaired) electrons. The molecule has 0 spiro atoms. The van der Waals surface area contributed by atoms with Gasteiger partial charge in [-0.2, -0.15) is 0 Å². The Morgan fingerprint density at radius 3 is 2.61 bits per heavy atom. The maximum absolute atomic E-state index is 12.1. The maximum Gasteiger partial charge on any atom is 0.311 e. The van der Waals surface area contributed by atoms with Crippen molar-refractivity contribution in [3.8, 4) is 5.75 Å². The summed E-state index contributed by atoms with van der Waals surface area (Å²) in [6.07, 6.45) is 6.07. The summed E-state index contributed by atoms with van der Waals surface area (Å²) < 4.78 is 11.4. The molecule has 3 aromatic rings. The fraction of sp³-hybridized carbons (Fsp3) is 0.350. The van der Waals surface area contributed by atoms with E-state index in [4.69, 9.17) is 9.15 Å². The summed E-state index contributed by atoms with van der Waals surface area (Å²) >= 11 is 0. The Bertz CT molecular complexity index is 801. The Morgan fingerprint density at radius 2 is 1.74 bits per heavy atom. The molecule has 3 heteroatoms. The number of unbranched alkanes of at least 4 members (excludes halogenated alkanes) is 4. The zero-order valence-electron chi connectivity index (χ0n) is 13.5. The number of carbonyl (C=O) groups is 1. The molecule has 0 saturated heterocycles. The quantitative estimate of drug-likeness (QED) is 0.312. The number of hydrogen-bond acceptors (Lipinski definition) is 3. The van der Waals surface area contributed by atoms with Crippen LogP contribution >= 0.6 is 0 Å². The van der Waals surface area contributed by atoms with Crippen molar-refractivity contribution < 1.29 is 13.9 Å². The molecule has 23 heavy (non-hydrogen) atoms. The predicted octanol–water partition coefficient (Wildman–Crippen LogP) is 5.85. The smallest absolute Gasteiger partial charge is 0.311 e. The lowest BCUT2D eigenvalue weighted by molar-refractivity contribution is -0.134. The van der Waals surface area contributed by atoms with Gasteiger partial charge in [-0.1, -0.05) is 56.9 Å². The molecule has 1 heterocycles. The molecule has 0 bridgehead atoms. The van der Waals surface area contributed by atoms with Crippen LogP contribution in [0.5, 0.6) is 5.75 Å². The second-order valence-electron chi connectivity index (χ2n) is 5.87. The molecule has 0 aliphatic carbocycles. The predicted molar refractivity (Wildman–Crippen MR) is 92.7 cm³/mol. The molecule has 0 aliphatic heterocycles. The molecule has 0 amide bonds. The largest absolute Gasteiger partial charge is 0.456 e. The average molecular weight is 310 g/mol. The molecule has 0 fully saturated rings. The van der Waals surface area contributed by atoms with Gasteiger partial charge in [0.15, 0.2) is 0 Å². The van der Waals surface area contributed by atoms with Crippen molar-refractivity contribution in [2.75, 3.05) is 0 Å². The fourth-order valence-corrected chi connectivity index (χ4v) is 2.87. The lowest BCUT2D eigenvalue weighted by Gasteiger charge is -2.05. The summed E-state index contributed by atoms with van der Waals surface area (Å²) in [6.45, 7) is 2.18.